The maximum absolute atomic E-state index is 13.0. The lowest BCUT2D eigenvalue weighted by atomic mass is 10.00. The second-order valence-electron chi connectivity index (χ2n) is 7.67. The average Bonchev–Trinajstić information content (AvgIpc) is 3.40. The van der Waals surface area contributed by atoms with Gasteiger partial charge in [0.2, 0.25) is 0 Å². The number of benzene rings is 1. The van der Waals surface area contributed by atoms with Crippen LogP contribution < -0.4 is 5.69 Å². The van der Waals surface area contributed by atoms with Crippen LogP contribution in [-0.2, 0) is 19.5 Å². The number of rotatable bonds is 8. The van der Waals surface area contributed by atoms with Gasteiger partial charge in [0.15, 0.2) is 5.82 Å². The molecule has 0 aliphatic rings. The van der Waals surface area contributed by atoms with E-state index in [1.807, 2.05) is 15.2 Å². The van der Waals surface area contributed by atoms with Crippen molar-refractivity contribution < 1.29 is 0 Å². The molecule has 8 heteroatoms. The number of aromatic nitrogens is 7. The number of imidazole rings is 1. The van der Waals surface area contributed by atoms with Gasteiger partial charge in [-0.2, -0.15) is 0 Å². The van der Waals surface area contributed by atoms with Crippen molar-refractivity contribution in [2.75, 3.05) is 0 Å². The van der Waals surface area contributed by atoms with E-state index < -0.39 is 0 Å². The van der Waals surface area contributed by atoms with Crippen LogP contribution >= 0.6 is 0 Å². The normalized spacial score (nSPS) is 11.2. The molecule has 0 bridgehead atoms. The van der Waals surface area contributed by atoms with Crippen molar-refractivity contribution >= 4 is 0 Å². The van der Waals surface area contributed by atoms with E-state index in [1.165, 1.54) is 0 Å². The number of nitrogens with one attached hydrogen (secondary N) is 1. The van der Waals surface area contributed by atoms with Crippen molar-refractivity contribution in [3.8, 4) is 22.5 Å². The van der Waals surface area contributed by atoms with E-state index >= 15 is 0 Å². The zero-order valence-corrected chi connectivity index (χ0v) is 18.2. The first-order valence-electron chi connectivity index (χ1n) is 10.7. The molecule has 0 saturated carbocycles. The van der Waals surface area contributed by atoms with E-state index in [4.69, 9.17) is 0 Å². The van der Waals surface area contributed by atoms with E-state index in [1.54, 1.807) is 12.4 Å². The van der Waals surface area contributed by atoms with Crippen LogP contribution in [0, 0.1) is 6.92 Å². The Labute approximate surface area is 181 Å². The van der Waals surface area contributed by atoms with Crippen LogP contribution in [0.3, 0.4) is 0 Å². The maximum atomic E-state index is 13.0. The molecule has 160 valence electrons. The Morgan fingerprint density at radius 2 is 1.81 bits per heavy atom. The van der Waals surface area contributed by atoms with Crippen LogP contribution in [-0.4, -0.2) is 34.7 Å². The average molecular weight is 418 g/mol. The third-order valence-electron chi connectivity index (χ3n) is 5.57. The minimum absolute atomic E-state index is 0.0844. The third-order valence-corrected chi connectivity index (χ3v) is 5.57. The lowest BCUT2D eigenvalue weighted by molar-refractivity contribution is 0.612. The number of hydrogen-bond acceptors (Lipinski definition) is 5. The number of tetrazole rings is 1. The van der Waals surface area contributed by atoms with Crippen LogP contribution in [0.2, 0.25) is 0 Å². The lowest BCUT2D eigenvalue weighted by Gasteiger charge is -2.10. The second-order valence-corrected chi connectivity index (χ2v) is 7.67. The summed E-state index contributed by atoms with van der Waals surface area (Å²) in [5.41, 5.74) is 6.28. The standard InChI is InChI=1S/C23H27N7O/c1-4-6-21-16(3)29(13-5-2)23(31)30(21)15-17-7-9-18(10-8-17)19-11-12-24-14-20(19)22-25-27-28-26-22/h7-12,14H,4-6,13,15H2,1-3H3,(H,25,26,27,28). The highest BCUT2D eigenvalue weighted by Crippen LogP contribution is 2.29. The number of aromatic amines is 1. The van der Waals surface area contributed by atoms with E-state index in [0.717, 1.165) is 59.4 Å². The van der Waals surface area contributed by atoms with Gasteiger partial charge in [-0.15, -0.1) is 5.10 Å². The Hall–Kier alpha value is -3.55. The topological polar surface area (TPSA) is 94.3 Å². The molecule has 0 aliphatic carbocycles. The van der Waals surface area contributed by atoms with Crippen LogP contribution in [0.5, 0.6) is 0 Å². The van der Waals surface area contributed by atoms with E-state index in [2.05, 4.69) is 70.6 Å². The second kappa shape index (κ2) is 9.07. The molecular weight excluding hydrogens is 390 g/mol. The zero-order valence-electron chi connectivity index (χ0n) is 18.2. The molecule has 3 heterocycles. The van der Waals surface area contributed by atoms with Gasteiger partial charge in [-0.25, -0.2) is 9.89 Å². The fourth-order valence-electron chi connectivity index (χ4n) is 4.04. The quantitative estimate of drug-likeness (QED) is 0.473. The number of hydrogen-bond donors (Lipinski definition) is 1. The van der Waals surface area contributed by atoms with E-state index in [9.17, 15) is 4.79 Å². The lowest BCUT2D eigenvalue weighted by Crippen LogP contribution is -2.25. The molecule has 4 aromatic rings. The van der Waals surface area contributed by atoms with Crippen LogP contribution in [0.15, 0.2) is 47.5 Å². The predicted molar refractivity (Wildman–Crippen MR) is 120 cm³/mol. The third kappa shape index (κ3) is 4.05. The van der Waals surface area contributed by atoms with Crippen molar-refractivity contribution in [3.05, 3.63) is 70.2 Å². The molecule has 0 spiro atoms. The molecular formula is C23H27N7O. The van der Waals surface area contributed by atoms with Crippen molar-refractivity contribution in [2.24, 2.45) is 0 Å². The van der Waals surface area contributed by atoms with Crippen molar-refractivity contribution in [1.82, 2.24) is 34.7 Å². The van der Waals surface area contributed by atoms with Crippen molar-refractivity contribution in [2.45, 2.75) is 53.1 Å². The molecule has 0 fully saturated rings. The summed E-state index contributed by atoms with van der Waals surface area (Å²) in [6, 6.07) is 10.2. The van der Waals surface area contributed by atoms with Gasteiger partial charge in [-0.3, -0.25) is 14.1 Å². The van der Waals surface area contributed by atoms with Crippen LogP contribution in [0.1, 0.15) is 43.6 Å². The van der Waals surface area contributed by atoms with Gasteiger partial charge in [-0.05, 0) is 52.9 Å². The Kier molecular flexibility index (Phi) is 6.06. The molecule has 0 radical (unpaired) electrons. The molecule has 0 aliphatic heterocycles. The summed E-state index contributed by atoms with van der Waals surface area (Å²) < 4.78 is 3.84. The van der Waals surface area contributed by atoms with E-state index in [0.29, 0.717) is 12.4 Å². The highest BCUT2D eigenvalue weighted by atomic mass is 16.1. The fraction of sp³-hybridized carbons (Fsp3) is 0.348. The van der Waals surface area contributed by atoms with Gasteiger partial charge in [0, 0.05) is 35.9 Å². The molecule has 1 N–H and O–H groups in total. The Balaban J connectivity index is 1.66. The van der Waals surface area contributed by atoms with Crippen LogP contribution in [0.4, 0.5) is 0 Å². The summed E-state index contributed by atoms with van der Waals surface area (Å²) in [7, 11) is 0. The highest BCUT2D eigenvalue weighted by molar-refractivity contribution is 5.79. The minimum Gasteiger partial charge on any atom is -0.296 e. The van der Waals surface area contributed by atoms with Gasteiger partial charge in [0.05, 0.1) is 6.54 Å². The van der Waals surface area contributed by atoms with Gasteiger partial charge in [0.25, 0.3) is 0 Å². The summed E-state index contributed by atoms with van der Waals surface area (Å²) in [6.45, 7) is 7.64. The first-order chi connectivity index (χ1) is 15.1. The number of pyridine rings is 1. The minimum atomic E-state index is 0.0844. The molecule has 8 nitrogen and oxygen atoms in total. The van der Waals surface area contributed by atoms with Crippen LogP contribution in [0.25, 0.3) is 22.5 Å². The predicted octanol–water partition coefficient (Wildman–Crippen LogP) is 3.61. The van der Waals surface area contributed by atoms with Gasteiger partial charge in [-0.1, -0.05) is 44.5 Å². The smallest absolute Gasteiger partial charge is 0.296 e. The molecule has 3 aromatic heterocycles. The highest BCUT2D eigenvalue weighted by Gasteiger charge is 2.16. The summed E-state index contributed by atoms with van der Waals surface area (Å²) >= 11 is 0. The first-order valence-corrected chi connectivity index (χ1v) is 10.7. The fourth-order valence-corrected chi connectivity index (χ4v) is 4.04. The Morgan fingerprint density at radius 3 is 2.48 bits per heavy atom. The first kappa shape index (κ1) is 20.7. The summed E-state index contributed by atoms with van der Waals surface area (Å²) in [5, 5.41) is 14.1. The van der Waals surface area contributed by atoms with E-state index in [-0.39, 0.29) is 5.69 Å². The molecule has 31 heavy (non-hydrogen) atoms. The van der Waals surface area contributed by atoms with Gasteiger partial charge >= 0.3 is 5.69 Å². The van der Waals surface area contributed by atoms with Crippen molar-refractivity contribution in [1.29, 1.82) is 0 Å². The summed E-state index contributed by atoms with van der Waals surface area (Å²) in [6.07, 6.45) is 6.37. The SMILES string of the molecule is CCCc1c(C)n(CCC)c(=O)n1Cc1ccc(-c2ccncc2-c2nnn[nH]2)cc1. The molecule has 0 atom stereocenters. The Bertz CT molecular complexity index is 1200. The van der Waals surface area contributed by atoms with Crippen molar-refractivity contribution in [3.63, 3.8) is 0 Å². The molecule has 0 amide bonds. The summed E-state index contributed by atoms with van der Waals surface area (Å²) in [5.74, 6) is 0.579. The molecule has 0 unspecified atom stereocenters. The van der Waals surface area contributed by atoms with Gasteiger partial charge in [0.1, 0.15) is 0 Å². The number of H-pyrrole nitrogens is 1. The molecule has 0 saturated heterocycles. The Morgan fingerprint density at radius 1 is 1.00 bits per heavy atom. The number of nitrogens with zero attached hydrogens (tertiary/aromatic N) is 6. The van der Waals surface area contributed by atoms with Gasteiger partial charge < -0.3 is 0 Å². The largest absolute Gasteiger partial charge is 0.328 e. The summed E-state index contributed by atoms with van der Waals surface area (Å²) in [4.78, 5) is 17.2. The maximum Gasteiger partial charge on any atom is 0.328 e. The molecule has 1 aromatic carbocycles. The zero-order chi connectivity index (χ0) is 21.8. The molecule has 4 rings (SSSR count). The monoisotopic (exact) mass is 417 g/mol.